The average molecular weight is 286 g/mol. The predicted molar refractivity (Wildman–Crippen MR) is 60.7 cm³/mol. The third-order valence-electron chi connectivity index (χ3n) is 1.82. The lowest BCUT2D eigenvalue weighted by Crippen LogP contribution is -2.12. The normalized spacial score (nSPS) is 11.4. The Kier molecular flexibility index (Phi) is 3.78. The summed E-state index contributed by atoms with van der Waals surface area (Å²) < 4.78 is -1.72. The molecule has 0 aliphatic rings. The summed E-state index contributed by atoms with van der Waals surface area (Å²) in [6.07, 6.45) is -0.272. The molecule has 3 N–H and O–H groups in total. The zero-order valence-electron chi connectivity index (χ0n) is 7.75. The van der Waals surface area contributed by atoms with E-state index in [-0.39, 0.29) is 23.3 Å². The number of carboxylic acid groups (broad SMARTS) is 1. The number of aromatic carboxylic acids is 1. The summed E-state index contributed by atoms with van der Waals surface area (Å²) in [7, 11) is 0. The number of hydrogen-bond donors (Lipinski definition) is 3. The molecule has 1 aromatic carbocycles. The number of halogens is 3. The lowest BCUT2D eigenvalue weighted by Gasteiger charge is -2.14. The highest BCUT2D eigenvalue weighted by atomic mass is 35.6. The fourth-order valence-corrected chi connectivity index (χ4v) is 1.62. The van der Waals surface area contributed by atoms with E-state index in [4.69, 9.17) is 45.0 Å². The van der Waals surface area contributed by atoms with Crippen molar-refractivity contribution >= 4 is 40.8 Å². The standard InChI is InChI=1S/C9H7Cl3O4/c10-9(11,12)3-6-5(8(15)16)1-4(13)2-7(6)14/h1-2,13-14H,3H2,(H,15,16). The minimum absolute atomic E-state index is 0.0368. The monoisotopic (exact) mass is 284 g/mol. The molecule has 4 nitrogen and oxygen atoms in total. The van der Waals surface area contributed by atoms with E-state index in [0.29, 0.717) is 0 Å². The van der Waals surface area contributed by atoms with Gasteiger partial charge in [-0.1, -0.05) is 34.8 Å². The smallest absolute Gasteiger partial charge is 0.336 e. The van der Waals surface area contributed by atoms with Crippen LogP contribution in [0.15, 0.2) is 12.1 Å². The molecule has 88 valence electrons. The van der Waals surface area contributed by atoms with Crippen molar-refractivity contribution in [2.45, 2.75) is 10.2 Å². The highest BCUT2D eigenvalue weighted by molar-refractivity contribution is 6.67. The van der Waals surface area contributed by atoms with Crippen molar-refractivity contribution in [3.8, 4) is 11.5 Å². The summed E-state index contributed by atoms with van der Waals surface area (Å²) >= 11 is 16.6. The van der Waals surface area contributed by atoms with Gasteiger partial charge in [-0.05, 0) is 6.07 Å². The van der Waals surface area contributed by atoms with Crippen LogP contribution in [-0.4, -0.2) is 25.1 Å². The molecule has 0 amide bonds. The quantitative estimate of drug-likeness (QED) is 0.730. The SMILES string of the molecule is O=C(O)c1cc(O)cc(O)c1CC(Cl)(Cl)Cl. The lowest BCUT2D eigenvalue weighted by molar-refractivity contribution is 0.0694. The van der Waals surface area contributed by atoms with Crippen molar-refractivity contribution in [3.63, 3.8) is 0 Å². The first-order chi connectivity index (χ1) is 7.20. The van der Waals surface area contributed by atoms with Crippen molar-refractivity contribution < 1.29 is 20.1 Å². The zero-order chi connectivity index (χ0) is 12.5. The van der Waals surface area contributed by atoms with Crippen LogP contribution in [-0.2, 0) is 6.42 Å². The molecule has 0 aromatic heterocycles. The molecule has 0 aliphatic carbocycles. The van der Waals surface area contributed by atoms with Crippen molar-refractivity contribution in [2.24, 2.45) is 0 Å². The maximum Gasteiger partial charge on any atom is 0.336 e. The van der Waals surface area contributed by atoms with Gasteiger partial charge in [-0.25, -0.2) is 4.79 Å². The molecule has 0 fully saturated rings. The van der Waals surface area contributed by atoms with Gasteiger partial charge in [0, 0.05) is 18.1 Å². The predicted octanol–water partition coefficient (Wildman–Crippen LogP) is 2.71. The Bertz CT molecular complexity index is 425. The molecule has 0 saturated heterocycles. The minimum atomic E-state index is -1.72. The number of carboxylic acids is 1. The first-order valence-corrected chi connectivity index (χ1v) is 5.19. The number of benzene rings is 1. The summed E-state index contributed by atoms with van der Waals surface area (Å²) in [6.45, 7) is 0. The van der Waals surface area contributed by atoms with Gasteiger partial charge in [0.05, 0.1) is 5.56 Å². The van der Waals surface area contributed by atoms with E-state index in [1.807, 2.05) is 0 Å². The van der Waals surface area contributed by atoms with E-state index in [1.165, 1.54) is 0 Å². The van der Waals surface area contributed by atoms with Gasteiger partial charge >= 0.3 is 5.97 Å². The van der Waals surface area contributed by atoms with Crippen LogP contribution in [0.4, 0.5) is 0 Å². The van der Waals surface area contributed by atoms with Crippen LogP contribution in [0.5, 0.6) is 11.5 Å². The van der Waals surface area contributed by atoms with E-state index in [9.17, 15) is 9.90 Å². The number of phenols is 2. The molecule has 0 aliphatic heterocycles. The maximum absolute atomic E-state index is 10.9. The second-order valence-electron chi connectivity index (χ2n) is 3.09. The van der Waals surface area contributed by atoms with Gasteiger partial charge in [0.15, 0.2) is 3.79 Å². The Morgan fingerprint density at radius 3 is 2.25 bits per heavy atom. The summed E-state index contributed by atoms with van der Waals surface area (Å²) in [5, 5.41) is 27.5. The number of alkyl halides is 3. The van der Waals surface area contributed by atoms with E-state index >= 15 is 0 Å². The molecule has 0 heterocycles. The molecule has 1 rings (SSSR count). The van der Waals surface area contributed by atoms with Crippen LogP contribution in [0.1, 0.15) is 15.9 Å². The van der Waals surface area contributed by atoms with Gasteiger partial charge in [-0.2, -0.15) is 0 Å². The van der Waals surface area contributed by atoms with Gasteiger partial charge in [0.2, 0.25) is 0 Å². The van der Waals surface area contributed by atoms with Crippen molar-refractivity contribution in [1.82, 2.24) is 0 Å². The van der Waals surface area contributed by atoms with Crippen LogP contribution in [0.25, 0.3) is 0 Å². The number of aromatic hydroxyl groups is 2. The molecular weight excluding hydrogens is 278 g/mol. The molecular formula is C9H7Cl3O4. The van der Waals surface area contributed by atoms with E-state index in [1.54, 1.807) is 0 Å². The van der Waals surface area contributed by atoms with E-state index < -0.39 is 15.5 Å². The minimum Gasteiger partial charge on any atom is -0.508 e. The fourth-order valence-electron chi connectivity index (χ4n) is 1.22. The number of phenolic OH excluding ortho intramolecular Hbond substituents is 2. The van der Waals surface area contributed by atoms with Gasteiger partial charge in [-0.15, -0.1) is 0 Å². The zero-order valence-corrected chi connectivity index (χ0v) is 10.0. The summed E-state index contributed by atoms with van der Waals surface area (Å²) in [4.78, 5) is 10.9. The number of rotatable bonds is 2. The Hall–Kier alpha value is -0.840. The van der Waals surface area contributed by atoms with Crippen LogP contribution in [0.3, 0.4) is 0 Å². The molecule has 16 heavy (non-hydrogen) atoms. The topological polar surface area (TPSA) is 77.8 Å². The second kappa shape index (κ2) is 4.57. The molecule has 0 atom stereocenters. The molecule has 1 aromatic rings. The van der Waals surface area contributed by atoms with Crippen molar-refractivity contribution in [2.75, 3.05) is 0 Å². The van der Waals surface area contributed by atoms with E-state index in [2.05, 4.69) is 0 Å². The third-order valence-corrected chi connectivity index (χ3v) is 2.22. The number of hydrogen-bond acceptors (Lipinski definition) is 3. The molecule has 7 heteroatoms. The Labute approximate surface area is 106 Å². The van der Waals surface area contributed by atoms with Gasteiger partial charge in [0.25, 0.3) is 0 Å². The van der Waals surface area contributed by atoms with Gasteiger partial charge < -0.3 is 15.3 Å². The first kappa shape index (κ1) is 13.2. The van der Waals surface area contributed by atoms with E-state index in [0.717, 1.165) is 12.1 Å². The molecule has 0 unspecified atom stereocenters. The summed E-state index contributed by atoms with van der Waals surface area (Å²) in [5.74, 6) is -2.12. The summed E-state index contributed by atoms with van der Waals surface area (Å²) in [5.41, 5.74) is -0.339. The first-order valence-electron chi connectivity index (χ1n) is 4.05. The average Bonchev–Trinajstić information content (AvgIpc) is 2.07. The molecule has 0 bridgehead atoms. The Balaban J connectivity index is 3.30. The third kappa shape index (κ3) is 3.33. The second-order valence-corrected chi connectivity index (χ2v) is 5.60. The summed E-state index contributed by atoms with van der Waals surface area (Å²) in [6, 6.07) is 1.96. The maximum atomic E-state index is 10.9. The van der Waals surface area contributed by atoms with Crippen LogP contribution < -0.4 is 0 Å². The Morgan fingerprint density at radius 1 is 1.25 bits per heavy atom. The van der Waals surface area contributed by atoms with Gasteiger partial charge in [0.1, 0.15) is 11.5 Å². The van der Waals surface area contributed by atoms with Crippen molar-refractivity contribution in [1.29, 1.82) is 0 Å². The van der Waals surface area contributed by atoms with Crippen molar-refractivity contribution in [3.05, 3.63) is 23.3 Å². The lowest BCUT2D eigenvalue weighted by atomic mass is 10.0. The Morgan fingerprint density at radius 2 is 1.81 bits per heavy atom. The van der Waals surface area contributed by atoms with Gasteiger partial charge in [-0.3, -0.25) is 0 Å². The van der Waals surface area contributed by atoms with Crippen LogP contribution in [0, 0.1) is 0 Å². The molecule has 0 spiro atoms. The number of carbonyl (C=O) groups is 1. The van der Waals surface area contributed by atoms with Crippen LogP contribution >= 0.6 is 34.8 Å². The highest BCUT2D eigenvalue weighted by Gasteiger charge is 2.26. The largest absolute Gasteiger partial charge is 0.508 e. The fraction of sp³-hybridized carbons (Fsp3) is 0.222. The molecule has 0 radical (unpaired) electrons. The van der Waals surface area contributed by atoms with Crippen LogP contribution in [0.2, 0.25) is 0 Å². The molecule has 0 saturated carbocycles. The highest BCUT2D eigenvalue weighted by Crippen LogP contribution is 2.36.